The van der Waals surface area contributed by atoms with E-state index in [0.29, 0.717) is 11.0 Å². The van der Waals surface area contributed by atoms with Gasteiger partial charge in [-0.25, -0.2) is 4.39 Å². The van der Waals surface area contributed by atoms with E-state index in [0.717, 1.165) is 21.3 Å². The molecule has 0 aliphatic carbocycles. The van der Waals surface area contributed by atoms with Gasteiger partial charge in [-0.05, 0) is 52.2 Å². The minimum absolute atomic E-state index is 0.236. The van der Waals surface area contributed by atoms with E-state index in [9.17, 15) is 4.39 Å². The highest BCUT2D eigenvalue weighted by Gasteiger charge is 2.05. The lowest BCUT2D eigenvalue weighted by molar-refractivity contribution is 0.618. The zero-order valence-corrected chi connectivity index (χ0v) is 13.0. The SMILES string of the molecule is Cc1ccc(Br)cc1NCc1cccc(F)c1Br. The van der Waals surface area contributed by atoms with E-state index in [1.807, 2.05) is 31.2 Å². The maximum absolute atomic E-state index is 13.4. The molecule has 0 saturated carbocycles. The lowest BCUT2D eigenvalue weighted by Gasteiger charge is -2.11. The average molecular weight is 373 g/mol. The van der Waals surface area contributed by atoms with Crippen molar-refractivity contribution >= 4 is 37.5 Å². The summed E-state index contributed by atoms with van der Waals surface area (Å²) in [5.41, 5.74) is 3.10. The summed E-state index contributed by atoms with van der Waals surface area (Å²) in [6.07, 6.45) is 0. The van der Waals surface area contributed by atoms with Crippen LogP contribution in [-0.4, -0.2) is 0 Å². The van der Waals surface area contributed by atoms with E-state index in [1.54, 1.807) is 6.07 Å². The van der Waals surface area contributed by atoms with Crippen LogP contribution in [0.2, 0.25) is 0 Å². The third-order valence-electron chi connectivity index (χ3n) is 2.70. The van der Waals surface area contributed by atoms with E-state index in [-0.39, 0.29) is 5.82 Å². The highest BCUT2D eigenvalue weighted by Crippen LogP contribution is 2.24. The second-order valence-electron chi connectivity index (χ2n) is 4.03. The Morgan fingerprint density at radius 1 is 1.17 bits per heavy atom. The fraction of sp³-hybridized carbons (Fsp3) is 0.143. The van der Waals surface area contributed by atoms with Gasteiger partial charge in [-0.3, -0.25) is 0 Å². The molecule has 4 heteroatoms. The monoisotopic (exact) mass is 371 g/mol. The molecule has 0 atom stereocenters. The Bertz CT molecular complexity index is 568. The van der Waals surface area contributed by atoms with Crippen molar-refractivity contribution in [2.45, 2.75) is 13.5 Å². The Hall–Kier alpha value is -0.870. The molecule has 2 aromatic rings. The predicted octanol–water partition coefficient (Wildman–Crippen LogP) is 5.27. The maximum Gasteiger partial charge on any atom is 0.137 e. The van der Waals surface area contributed by atoms with E-state index >= 15 is 0 Å². The lowest BCUT2D eigenvalue weighted by Crippen LogP contribution is -2.02. The molecule has 0 fully saturated rings. The number of anilines is 1. The lowest BCUT2D eigenvalue weighted by atomic mass is 10.2. The summed E-state index contributed by atoms with van der Waals surface area (Å²) in [6, 6.07) is 11.1. The van der Waals surface area contributed by atoms with E-state index in [4.69, 9.17) is 0 Å². The van der Waals surface area contributed by atoms with Gasteiger partial charge in [-0.15, -0.1) is 0 Å². The summed E-state index contributed by atoms with van der Waals surface area (Å²) in [6.45, 7) is 2.62. The van der Waals surface area contributed by atoms with Gasteiger partial charge in [0.2, 0.25) is 0 Å². The molecule has 0 amide bonds. The first-order chi connectivity index (χ1) is 8.58. The molecule has 0 saturated heterocycles. The molecule has 1 nitrogen and oxygen atoms in total. The molecule has 0 bridgehead atoms. The highest BCUT2D eigenvalue weighted by molar-refractivity contribution is 9.10. The molecule has 2 rings (SSSR count). The maximum atomic E-state index is 13.4. The van der Waals surface area contributed by atoms with Crippen LogP contribution in [0.5, 0.6) is 0 Å². The summed E-state index contributed by atoms with van der Waals surface area (Å²) in [5.74, 6) is -0.236. The van der Waals surface area contributed by atoms with Gasteiger partial charge in [-0.1, -0.05) is 34.1 Å². The Kier molecular flexibility index (Phi) is 4.40. The van der Waals surface area contributed by atoms with Crippen LogP contribution in [0.15, 0.2) is 45.3 Å². The third kappa shape index (κ3) is 3.12. The zero-order valence-electron chi connectivity index (χ0n) is 9.81. The van der Waals surface area contributed by atoms with Crippen molar-refractivity contribution in [2.24, 2.45) is 0 Å². The van der Waals surface area contributed by atoms with E-state index in [2.05, 4.69) is 37.2 Å². The minimum atomic E-state index is -0.236. The van der Waals surface area contributed by atoms with Gasteiger partial charge in [0.05, 0.1) is 4.47 Å². The first-order valence-corrected chi connectivity index (χ1v) is 7.09. The molecular weight excluding hydrogens is 361 g/mol. The normalized spacial score (nSPS) is 10.4. The second-order valence-corrected chi connectivity index (χ2v) is 5.73. The molecule has 0 aliphatic heterocycles. The third-order valence-corrected chi connectivity index (χ3v) is 4.08. The van der Waals surface area contributed by atoms with Gasteiger partial charge in [0, 0.05) is 16.7 Å². The number of benzene rings is 2. The minimum Gasteiger partial charge on any atom is -0.381 e. The van der Waals surface area contributed by atoms with Crippen LogP contribution < -0.4 is 5.32 Å². The van der Waals surface area contributed by atoms with E-state index < -0.39 is 0 Å². The smallest absolute Gasteiger partial charge is 0.137 e. The van der Waals surface area contributed by atoms with Crippen LogP contribution in [-0.2, 0) is 6.54 Å². The van der Waals surface area contributed by atoms with Crippen LogP contribution in [0.25, 0.3) is 0 Å². The van der Waals surface area contributed by atoms with Crippen molar-refractivity contribution in [2.75, 3.05) is 5.32 Å². The zero-order chi connectivity index (χ0) is 13.1. The van der Waals surface area contributed by atoms with Crippen molar-refractivity contribution < 1.29 is 4.39 Å². The Balaban J connectivity index is 2.16. The van der Waals surface area contributed by atoms with Crippen molar-refractivity contribution in [1.82, 2.24) is 0 Å². The molecule has 0 radical (unpaired) electrons. The van der Waals surface area contributed by atoms with Crippen LogP contribution in [0.3, 0.4) is 0 Å². The number of aryl methyl sites for hydroxylation is 1. The molecule has 0 spiro atoms. The average Bonchev–Trinajstić information content (AvgIpc) is 2.35. The number of hydrogen-bond donors (Lipinski definition) is 1. The Morgan fingerprint density at radius 3 is 2.72 bits per heavy atom. The van der Waals surface area contributed by atoms with Gasteiger partial charge in [0.15, 0.2) is 0 Å². The summed E-state index contributed by atoms with van der Waals surface area (Å²) in [4.78, 5) is 0. The first-order valence-electron chi connectivity index (χ1n) is 5.51. The number of rotatable bonds is 3. The molecule has 0 unspecified atom stereocenters. The van der Waals surface area contributed by atoms with Crippen molar-refractivity contribution in [3.8, 4) is 0 Å². The Labute approximate surface area is 123 Å². The molecule has 0 heterocycles. The van der Waals surface area contributed by atoms with Gasteiger partial charge < -0.3 is 5.32 Å². The largest absolute Gasteiger partial charge is 0.381 e. The predicted molar refractivity (Wildman–Crippen MR) is 80.3 cm³/mol. The molecule has 2 aromatic carbocycles. The van der Waals surface area contributed by atoms with Crippen molar-refractivity contribution in [3.63, 3.8) is 0 Å². The molecule has 0 aromatic heterocycles. The highest BCUT2D eigenvalue weighted by atomic mass is 79.9. The standard InChI is InChI=1S/C14H12Br2FN/c1-9-5-6-11(15)7-13(9)18-8-10-3-2-4-12(17)14(10)16/h2-7,18H,8H2,1H3. The summed E-state index contributed by atoms with van der Waals surface area (Å²) in [5, 5.41) is 3.31. The molecule has 0 aliphatic rings. The fourth-order valence-electron chi connectivity index (χ4n) is 1.66. The first kappa shape index (κ1) is 13.6. The summed E-state index contributed by atoms with van der Waals surface area (Å²) in [7, 11) is 0. The van der Waals surface area contributed by atoms with Crippen LogP contribution >= 0.6 is 31.9 Å². The fourth-order valence-corrected chi connectivity index (χ4v) is 2.43. The van der Waals surface area contributed by atoms with Crippen LogP contribution in [0.4, 0.5) is 10.1 Å². The van der Waals surface area contributed by atoms with Gasteiger partial charge >= 0.3 is 0 Å². The van der Waals surface area contributed by atoms with Crippen molar-refractivity contribution in [1.29, 1.82) is 0 Å². The molecule has 18 heavy (non-hydrogen) atoms. The molecule has 94 valence electrons. The number of halogens is 3. The van der Waals surface area contributed by atoms with Gasteiger partial charge in [-0.2, -0.15) is 0 Å². The van der Waals surface area contributed by atoms with Crippen LogP contribution in [0, 0.1) is 12.7 Å². The van der Waals surface area contributed by atoms with Crippen LogP contribution in [0.1, 0.15) is 11.1 Å². The molecule has 1 N–H and O–H groups in total. The van der Waals surface area contributed by atoms with E-state index in [1.165, 1.54) is 6.07 Å². The Morgan fingerprint density at radius 2 is 1.94 bits per heavy atom. The topological polar surface area (TPSA) is 12.0 Å². The van der Waals surface area contributed by atoms with Gasteiger partial charge in [0.1, 0.15) is 5.82 Å². The summed E-state index contributed by atoms with van der Waals surface area (Å²) < 4.78 is 14.9. The quantitative estimate of drug-likeness (QED) is 0.773. The second kappa shape index (κ2) is 5.85. The molecular formula is C14H12Br2FN. The summed E-state index contributed by atoms with van der Waals surface area (Å²) >= 11 is 6.70. The number of nitrogens with one attached hydrogen (secondary N) is 1. The number of hydrogen-bond acceptors (Lipinski definition) is 1. The van der Waals surface area contributed by atoms with Gasteiger partial charge in [0.25, 0.3) is 0 Å². The van der Waals surface area contributed by atoms with Crippen molar-refractivity contribution in [3.05, 3.63) is 62.3 Å².